The molecule has 1 unspecified atom stereocenters. The first kappa shape index (κ1) is 20.1. The third-order valence-corrected chi connectivity index (χ3v) is 7.12. The van der Waals surface area contributed by atoms with Gasteiger partial charge in [-0.15, -0.1) is 11.8 Å². The Bertz CT molecular complexity index is 1230. The third-order valence-electron chi connectivity index (χ3n) is 5.32. The van der Waals surface area contributed by atoms with E-state index in [0.717, 1.165) is 38.4 Å². The summed E-state index contributed by atoms with van der Waals surface area (Å²) < 4.78 is 2.90. The van der Waals surface area contributed by atoms with Gasteiger partial charge < -0.3 is 5.32 Å². The van der Waals surface area contributed by atoms with Crippen LogP contribution >= 0.6 is 27.7 Å². The lowest BCUT2D eigenvalue weighted by Gasteiger charge is -2.16. The minimum absolute atomic E-state index is 0.0151. The van der Waals surface area contributed by atoms with Gasteiger partial charge in [0.15, 0.2) is 0 Å². The molecule has 1 amide bonds. The van der Waals surface area contributed by atoms with Crippen LogP contribution in [-0.4, -0.2) is 21.4 Å². The molecule has 0 radical (unpaired) electrons. The minimum atomic E-state index is -0.0172. The highest BCUT2D eigenvalue weighted by Gasteiger charge is 2.32. The number of thioether (sulfide) groups is 1. The van der Waals surface area contributed by atoms with E-state index in [1.54, 1.807) is 11.8 Å². The highest BCUT2D eigenvalue weighted by molar-refractivity contribution is 9.10. The highest BCUT2D eigenvalue weighted by Crippen LogP contribution is 2.46. The lowest BCUT2D eigenvalue weighted by molar-refractivity contribution is -0.113. The molecule has 3 aromatic carbocycles. The Morgan fingerprint density at radius 2 is 1.71 bits per heavy atom. The van der Waals surface area contributed by atoms with Crippen molar-refractivity contribution in [1.82, 2.24) is 9.78 Å². The van der Waals surface area contributed by atoms with Gasteiger partial charge >= 0.3 is 0 Å². The first-order chi connectivity index (χ1) is 15.1. The van der Waals surface area contributed by atoms with Crippen molar-refractivity contribution in [1.29, 1.82) is 0 Å². The molecule has 5 rings (SSSR count). The van der Waals surface area contributed by atoms with Crippen LogP contribution in [0.2, 0.25) is 0 Å². The molecule has 154 valence electrons. The van der Waals surface area contributed by atoms with Gasteiger partial charge in [-0.25, -0.2) is 4.68 Å². The fourth-order valence-electron chi connectivity index (χ4n) is 3.79. The molecule has 1 N–H and O–H groups in total. The van der Waals surface area contributed by atoms with Crippen LogP contribution in [0.4, 0.5) is 5.82 Å². The van der Waals surface area contributed by atoms with Crippen molar-refractivity contribution in [2.45, 2.75) is 12.2 Å². The van der Waals surface area contributed by atoms with E-state index in [9.17, 15) is 4.79 Å². The number of hydrogen-bond acceptors (Lipinski definition) is 3. The van der Waals surface area contributed by atoms with Gasteiger partial charge in [0.25, 0.3) is 0 Å². The number of carbonyl (C=O) groups is 1. The summed E-state index contributed by atoms with van der Waals surface area (Å²) >= 11 is 5.16. The van der Waals surface area contributed by atoms with Crippen LogP contribution in [0.3, 0.4) is 0 Å². The van der Waals surface area contributed by atoms with Gasteiger partial charge in [0, 0.05) is 15.6 Å². The van der Waals surface area contributed by atoms with Crippen LogP contribution in [-0.2, 0) is 4.79 Å². The molecule has 0 spiro atoms. The molecule has 6 heteroatoms. The molecular formula is C25H20BrN3OS. The number of nitrogens with one attached hydrogen (secondary N) is 1. The number of hydrogen-bond donors (Lipinski definition) is 1. The average Bonchev–Trinajstić information content (AvgIpc) is 3.06. The number of carbonyl (C=O) groups excluding carboxylic acids is 1. The van der Waals surface area contributed by atoms with Gasteiger partial charge in [-0.05, 0) is 36.8 Å². The topological polar surface area (TPSA) is 46.9 Å². The van der Waals surface area contributed by atoms with Crippen LogP contribution < -0.4 is 5.32 Å². The van der Waals surface area contributed by atoms with Crippen molar-refractivity contribution in [3.63, 3.8) is 0 Å². The molecular weight excluding hydrogens is 470 g/mol. The summed E-state index contributed by atoms with van der Waals surface area (Å²) in [6.45, 7) is 2.06. The van der Waals surface area contributed by atoms with Gasteiger partial charge in [0.2, 0.25) is 5.91 Å². The zero-order chi connectivity index (χ0) is 21.4. The molecule has 1 aliphatic heterocycles. The summed E-state index contributed by atoms with van der Waals surface area (Å²) in [5.41, 5.74) is 6.20. The minimum Gasteiger partial charge on any atom is -0.310 e. The lowest BCUT2D eigenvalue weighted by atomic mass is 10.00. The zero-order valence-electron chi connectivity index (χ0n) is 16.9. The van der Waals surface area contributed by atoms with E-state index in [2.05, 4.69) is 64.6 Å². The van der Waals surface area contributed by atoms with Gasteiger partial charge in [0.05, 0.1) is 22.4 Å². The first-order valence-electron chi connectivity index (χ1n) is 10.0. The predicted molar refractivity (Wildman–Crippen MR) is 131 cm³/mol. The Kier molecular flexibility index (Phi) is 5.42. The van der Waals surface area contributed by atoms with Crippen molar-refractivity contribution in [2.24, 2.45) is 0 Å². The van der Waals surface area contributed by atoms with Crippen molar-refractivity contribution < 1.29 is 4.79 Å². The number of aromatic nitrogens is 2. The molecule has 4 aromatic rings. The molecule has 1 atom stereocenters. The Hall–Kier alpha value is -2.83. The second kappa shape index (κ2) is 8.36. The van der Waals surface area contributed by atoms with Gasteiger partial charge in [0.1, 0.15) is 5.82 Å². The first-order valence-corrected chi connectivity index (χ1v) is 11.9. The standard InChI is InChI=1S/C25H20BrN3OS/c1-16-7-13-20(14-8-16)29-25-22(23(28-29)17-5-3-2-4-6-17)24(31-15-21(30)27-25)18-9-11-19(26)12-10-18/h2-14,24H,15H2,1H3,(H,27,30). The highest BCUT2D eigenvalue weighted by atomic mass is 79.9. The molecule has 4 nitrogen and oxygen atoms in total. The lowest BCUT2D eigenvalue weighted by Crippen LogP contribution is -2.15. The van der Waals surface area contributed by atoms with Crippen LogP contribution in [0, 0.1) is 6.92 Å². The van der Waals surface area contributed by atoms with E-state index in [-0.39, 0.29) is 11.2 Å². The number of halogens is 1. The molecule has 2 heterocycles. The van der Waals surface area contributed by atoms with E-state index >= 15 is 0 Å². The number of anilines is 1. The Balaban J connectivity index is 1.77. The molecule has 1 aromatic heterocycles. The summed E-state index contributed by atoms with van der Waals surface area (Å²) in [7, 11) is 0. The van der Waals surface area contributed by atoms with Crippen molar-refractivity contribution in [3.8, 4) is 16.9 Å². The van der Waals surface area contributed by atoms with Crippen LogP contribution in [0.1, 0.15) is 21.9 Å². The smallest absolute Gasteiger partial charge is 0.235 e. The Morgan fingerprint density at radius 1 is 1.00 bits per heavy atom. The summed E-state index contributed by atoms with van der Waals surface area (Å²) in [6.07, 6.45) is 0. The number of nitrogens with zero attached hydrogens (tertiary/aromatic N) is 2. The van der Waals surface area contributed by atoms with Gasteiger partial charge in [-0.2, -0.15) is 5.10 Å². The second-order valence-corrected chi connectivity index (χ2v) is 9.52. The van der Waals surface area contributed by atoms with Gasteiger partial charge in [-0.1, -0.05) is 76.1 Å². The monoisotopic (exact) mass is 489 g/mol. The van der Waals surface area contributed by atoms with Crippen LogP contribution in [0.25, 0.3) is 16.9 Å². The summed E-state index contributed by atoms with van der Waals surface area (Å²) in [4.78, 5) is 12.7. The SMILES string of the molecule is Cc1ccc(-n2nc(-c3ccccc3)c3c2NC(=O)CSC3c2ccc(Br)cc2)cc1. The van der Waals surface area contributed by atoms with E-state index in [0.29, 0.717) is 5.75 Å². The maximum absolute atomic E-state index is 12.7. The normalized spacial score (nSPS) is 15.8. The number of amides is 1. The number of fused-ring (bicyclic) bond motifs is 1. The largest absolute Gasteiger partial charge is 0.310 e. The molecule has 0 saturated heterocycles. The molecule has 0 aliphatic carbocycles. The fraction of sp³-hybridized carbons (Fsp3) is 0.120. The van der Waals surface area contributed by atoms with Crippen molar-refractivity contribution in [3.05, 3.63) is 100 Å². The van der Waals surface area contributed by atoms with Crippen LogP contribution in [0.5, 0.6) is 0 Å². The molecule has 31 heavy (non-hydrogen) atoms. The number of rotatable bonds is 3. The van der Waals surface area contributed by atoms with E-state index in [4.69, 9.17) is 5.10 Å². The Morgan fingerprint density at radius 3 is 2.42 bits per heavy atom. The quantitative estimate of drug-likeness (QED) is 0.362. The summed E-state index contributed by atoms with van der Waals surface area (Å²) in [5.74, 6) is 1.11. The predicted octanol–water partition coefficient (Wildman–Crippen LogP) is 6.38. The summed E-state index contributed by atoms with van der Waals surface area (Å²) in [5, 5.41) is 8.13. The Labute approximate surface area is 193 Å². The van der Waals surface area contributed by atoms with E-state index in [1.807, 2.05) is 47.1 Å². The molecule has 0 saturated carbocycles. The fourth-order valence-corrected chi connectivity index (χ4v) is 5.19. The van der Waals surface area contributed by atoms with Crippen LogP contribution in [0.15, 0.2) is 83.3 Å². The molecule has 0 bridgehead atoms. The second-order valence-electron chi connectivity index (χ2n) is 7.52. The average molecular weight is 490 g/mol. The zero-order valence-corrected chi connectivity index (χ0v) is 19.3. The maximum atomic E-state index is 12.7. The van der Waals surface area contributed by atoms with E-state index in [1.165, 1.54) is 5.56 Å². The third kappa shape index (κ3) is 3.93. The number of aryl methyl sites for hydroxylation is 1. The molecule has 1 aliphatic rings. The summed E-state index contributed by atoms with van der Waals surface area (Å²) in [6, 6.07) is 26.7. The van der Waals surface area contributed by atoms with Gasteiger partial charge in [-0.3, -0.25) is 4.79 Å². The van der Waals surface area contributed by atoms with Crippen molar-refractivity contribution in [2.75, 3.05) is 11.1 Å². The van der Waals surface area contributed by atoms with E-state index < -0.39 is 0 Å². The number of benzene rings is 3. The van der Waals surface area contributed by atoms with Crippen molar-refractivity contribution >= 4 is 39.4 Å². The molecule has 0 fully saturated rings. The maximum Gasteiger partial charge on any atom is 0.235 e.